The van der Waals surface area contributed by atoms with Gasteiger partial charge in [0.25, 0.3) is 5.69 Å². The van der Waals surface area contributed by atoms with Crippen molar-refractivity contribution >= 4 is 17.3 Å². The first-order valence-electron chi connectivity index (χ1n) is 6.27. The first-order valence-corrected chi connectivity index (χ1v) is 6.27. The fourth-order valence-corrected chi connectivity index (χ4v) is 2.77. The number of nitrogens with zero attached hydrogens (tertiary/aromatic N) is 2. The highest BCUT2D eigenvalue weighted by molar-refractivity contribution is 5.84. The minimum Gasteiger partial charge on any atom is -0.479 e. The number of carboxylic acids is 1. The maximum absolute atomic E-state index is 11.6. The van der Waals surface area contributed by atoms with Gasteiger partial charge in [-0.3, -0.25) is 10.1 Å². The summed E-state index contributed by atoms with van der Waals surface area (Å²) in [6.07, 6.45) is 1.83. The molecule has 1 aliphatic heterocycles. The minimum atomic E-state index is -0.935. The van der Waals surface area contributed by atoms with Crippen LogP contribution in [0.2, 0.25) is 0 Å². The highest BCUT2D eigenvalue weighted by atomic mass is 16.6. The standard InChI is InChI=1S/C13H16N2O4/c1-2-13(12(16)17)7-4-8-14(13)10-5-3-6-11(9-10)15(18)19/h3,5-6,9H,2,4,7-8H2,1H3,(H,16,17). The van der Waals surface area contributed by atoms with Gasteiger partial charge in [-0.05, 0) is 25.3 Å². The van der Waals surface area contributed by atoms with Crippen LogP contribution in [-0.4, -0.2) is 28.1 Å². The predicted molar refractivity (Wildman–Crippen MR) is 70.3 cm³/mol. The van der Waals surface area contributed by atoms with E-state index in [0.717, 1.165) is 6.42 Å². The van der Waals surface area contributed by atoms with Crippen molar-refractivity contribution in [3.63, 3.8) is 0 Å². The molecule has 2 rings (SSSR count). The van der Waals surface area contributed by atoms with Gasteiger partial charge in [-0.15, -0.1) is 0 Å². The van der Waals surface area contributed by atoms with E-state index in [1.807, 2.05) is 6.92 Å². The summed E-state index contributed by atoms with van der Waals surface area (Å²) in [5.41, 5.74) is -0.342. The van der Waals surface area contributed by atoms with Crippen molar-refractivity contribution in [2.24, 2.45) is 0 Å². The molecule has 0 bridgehead atoms. The van der Waals surface area contributed by atoms with Crippen LogP contribution >= 0.6 is 0 Å². The quantitative estimate of drug-likeness (QED) is 0.667. The smallest absolute Gasteiger partial charge is 0.329 e. The lowest BCUT2D eigenvalue weighted by Gasteiger charge is -2.35. The van der Waals surface area contributed by atoms with Crippen molar-refractivity contribution < 1.29 is 14.8 Å². The van der Waals surface area contributed by atoms with E-state index in [4.69, 9.17) is 0 Å². The van der Waals surface area contributed by atoms with Gasteiger partial charge in [-0.1, -0.05) is 13.0 Å². The fraction of sp³-hybridized carbons (Fsp3) is 0.462. The summed E-state index contributed by atoms with van der Waals surface area (Å²) in [6.45, 7) is 2.45. The summed E-state index contributed by atoms with van der Waals surface area (Å²) in [5, 5.41) is 20.3. The topological polar surface area (TPSA) is 83.7 Å². The van der Waals surface area contributed by atoms with Crippen molar-refractivity contribution in [2.45, 2.75) is 31.7 Å². The average molecular weight is 264 g/mol. The van der Waals surface area contributed by atoms with Crippen molar-refractivity contribution in [3.05, 3.63) is 34.4 Å². The van der Waals surface area contributed by atoms with Crippen LogP contribution in [0.4, 0.5) is 11.4 Å². The lowest BCUT2D eigenvalue weighted by atomic mass is 9.92. The van der Waals surface area contributed by atoms with E-state index in [9.17, 15) is 20.0 Å². The second-order valence-corrected chi connectivity index (χ2v) is 4.72. The van der Waals surface area contributed by atoms with Gasteiger partial charge in [-0.25, -0.2) is 4.79 Å². The number of aliphatic carboxylic acids is 1. The SMILES string of the molecule is CCC1(C(=O)O)CCCN1c1cccc([N+](=O)[O-])c1. The van der Waals surface area contributed by atoms with Crippen molar-refractivity contribution in [3.8, 4) is 0 Å². The first kappa shape index (κ1) is 13.3. The van der Waals surface area contributed by atoms with Gasteiger partial charge in [0, 0.05) is 24.4 Å². The number of non-ortho nitro benzene ring substituents is 1. The molecule has 1 aromatic carbocycles. The van der Waals surface area contributed by atoms with Crippen molar-refractivity contribution in [1.82, 2.24) is 0 Å². The van der Waals surface area contributed by atoms with E-state index in [1.165, 1.54) is 12.1 Å². The second kappa shape index (κ2) is 4.87. The second-order valence-electron chi connectivity index (χ2n) is 4.72. The molecule has 6 nitrogen and oxygen atoms in total. The number of nitro groups is 1. The number of carboxylic acid groups (broad SMARTS) is 1. The summed E-state index contributed by atoms with van der Waals surface area (Å²) in [6, 6.07) is 6.17. The van der Waals surface area contributed by atoms with E-state index in [-0.39, 0.29) is 5.69 Å². The zero-order chi connectivity index (χ0) is 14.0. The van der Waals surface area contributed by atoms with E-state index < -0.39 is 16.4 Å². The lowest BCUT2D eigenvalue weighted by Crippen LogP contribution is -2.50. The summed E-state index contributed by atoms with van der Waals surface area (Å²) in [4.78, 5) is 23.7. The molecule has 0 aromatic heterocycles. The summed E-state index contributed by atoms with van der Waals surface area (Å²) >= 11 is 0. The Kier molecular flexibility index (Phi) is 3.42. The molecule has 1 heterocycles. The van der Waals surface area contributed by atoms with Crippen LogP contribution in [0.25, 0.3) is 0 Å². The summed E-state index contributed by atoms with van der Waals surface area (Å²) in [5.74, 6) is -0.862. The van der Waals surface area contributed by atoms with Gasteiger partial charge < -0.3 is 10.0 Å². The number of rotatable bonds is 4. The van der Waals surface area contributed by atoms with Crippen LogP contribution in [-0.2, 0) is 4.79 Å². The van der Waals surface area contributed by atoms with Crippen LogP contribution < -0.4 is 4.90 Å². The minimum absolute atomic E-state index is 0.0141. The number of nitro benzene ring substituents is 1. The molecule has 1 aromatic rings. The fourth-order valence-electron chi connectivity index (χ4n) is 2.77. The Morgan fingerprint density at radius 1 is 1.58 bits per heavy atom. The molecule has 1 atom stereocenters. The number of hydrogen-bond donors (Lipinski definition) is 1. The zero-order valence-corrected chi connectivity index (χ0v) is 10.7. The highest BCUT2D eigenvalue weighted by Gasteiger charge is 2.46. The van der Waals surface area contributed by atoms with Gasteiger partial charge in [-0.2, -0.15) is 0 Å². The molecule has 6 heteroatoms. The number of anilines is 1. The van der Waals surface area contributed by atoms with Crippen LogP contribution in [0.3, 0.4) is 0 Å². The van der Waals surface area contributed by atoms with E-state index in [0.29, 0.717) is 25.1 Å². The molecule has 1 fully saturated rings. The van der Waals surface area contributed by atoms with Crippen LogP contribution in [0.15, 0.2) is 24.3 Å². The molecule has 1 saturated heterocycles. The number of benzene rings is 1. The molecular formula is C13H16N2O4. The van der Waals surface area contributed by atoms with Gasteiger partial charge in [0.2, 0.25) is 0 Å². The van der Waals surface area contributed by atoms with E-state index >= 15 is 0 Å². The van der Waals surface area contributed by atoms with Gasteiger partial charge >= 0.3 is 5.97 Å². The Labute approximate surface area is 110 Å². The third-order valence-corrected chi connectivity index (χ3v) is 3.82. The third-order valence-electron chi connectivity index (χ3n) is 3.82. The predicted octanol–water partition coefficient (Wildman–Crippen LogP) is 2.43. The van der Waals surface area contributed by atoms with E-state index in [2.05, 4.69) is 0 Å². The molecule has 0 spiro atoms. The Morgan fingerprint density at radius 2 is 2.32 bits per heavy atom. The molecule has 19 heavy (non-hydrogen) atoms. The Balaban J connectivity index is 2.42. The normalized spacial score (nSPS) is 22.5. The van der Waals surface area contributed by atoms with Crippen LogP contribution in [0.1, 0.15) is 26.2 Å². The third kappa shape index (κ3) is 2.14. The Bertz CT molecular complexity index is 517. The molecule has 1 aliphatic rings. The molecular weight excluding hydrogens is 248 g/mol. The average Bonchev–Trinajstić information content (AvgIpc) is 2.83. The Hall–Kier alpha value is -2.11. The van der Waals surface area contributed by atoms with Gasteiger partial charge in [0.05, 0.1) is 4.92 Å². The molecule has 0 amide bonds. The van der Waals surface area contributed by atoms with Crippen molar-refractivity contribution in [1.29, 1.82) is 0 Å². The molecule has 102 valence electrons. The molecule has 1 unspecified atom stereocenters. The molecule has 0 aliphatic carbocycles. The van der Waals surface area contributed by atoms with Gasteiger partial charge in [0.1, 0.15) is 5.54 Å². The van der Waals surface area contributed by atoms with Crippen molar-refractivity contribution in [2.75, 3.05) is 11.4 Å². The largest absolute Gasteiger partial charge is 0.479 e. The summed E-state index contributed by atoms with van der Waals surface area (Å²) < 4.78 is 0. The number of carbonyl (C=O) groups is 1. The van der Waals surface area contributed by atoms with E-state index in [1.54, 1.807) is 17.0 Å². The lowest BCUT2D eigenvalue weighted by molar-refractivity contribution is -0.384. The molecule has 0 saturated carbocycles. The maximum atomic E-state index is 11.6. The zero-order valence-electron chi connectivity index (χ0n) is 10.7. The van der Waals surface area contributed by atoms with Crippen LogP contribution in [0.5, 0.6) is 0 Å². The van der Waals surface area contributed by atoms with Crippen LogP contribution in [0, 0.1) is 10.1 Å². The summed E-state index contributed by atoms with van der Waals surface area (Å²) in [7, 11) is 0. The molecule has 1 N–H and O–H groups in total. The molecule has 0 radical (unpaired) electrons. The van der Waals surface area contributed by atoms with Gasteiger partial charge in [0.15, 0.2) is 0 Å². The first-order chi connectivity index (χ1) is 9.01. The number of hydrogen-bond acceptors (Lipinski definition) is 4. The Morgan fingerprint density at radius 3 is 2.89 bits per heavy atom. The maximum Gasteiger partial charge on any atom is 0.329 e. The highest BCUT2D eigenvalue weighted by Crippen LogP contribution is 2.37. The monoisotopic (exact) mass is 264 g/mol.